The normalized spacial score (nSPS) is 27.0. The average Bonchev–Trinajstić information content (AvgIpc) is 3.28. The molecule has 1 aromatic carbocycles. The number of anilines is 1. The van der Waals surface area contributed by atoms with E-state index in [1.54, 1.807) is 0 Å². The van der Waals surface area contributed by atoms with Crippen LogP contribution in [-0.2, 0) is 24.7 Å². The summed E-state index contributed by atoms with van der Waals surface area (Å²) >= 11 is 0. The van der Waals surface area contributed by atoms with Gasteiger partial charge >= 0.3 is 6.01 Å². The summed E-state index contributed by atoms with van der Waals surface area (Å²) in [7, 11) is 2.18. The zero-order valence-electron chi connectivity index (χ0n) is 20.4. The maximum atomic E-state index is 10.3. The zero-order chi connectivity index (χ0) is 23.1. The lowest BCUT2D eigenvalue weighted by atomic mass is 9.62. The van der Waals surface area contributed by atoms with Crippen LogP contribution < -0.4 is 15.0 Å². The molecular weight excluding hydrogens is 426 g/mol. The summed E-state index contributed by atoms with van der Waals surface area (Å²) in [6, 6.07) is 6.97. The minimum atomic E-state index is 0.0529. The van der Waals surface area contributed by atoms with Crippen molar-refractivity contribution in [2.24, 2.45) is 0 Å². The van der Waals surface area contributed by atoms with E-state index >= 15 is 0 Å². The summed E-state index contributed by atoms with van der Waals surface area (Å²) in [6.07, 6.45) is 8.83. The Balaban J connectivity index is 1.35. The number of fused-ring (bicyclic) bond motifs is 3. The zero-order valence-corrected chi connectivity index (χ0v) is 20.4. The Morgan fingerprint density at radius 1 is 1.12 bits per heavy atom. The highest BCUT2D eigenvalue weighted by molar-refractivity contribution is 5.54. The van der Waals surface area contributed by atoms with Crippen molar-refractivity contribution in [3.63, 3.8) is 0 Å². The number of nitrogens with zero attached hydrogens (tertiary/aromatic N) is 4. The third-order valence-electron chi connectivity index (χ3n) is 8.67. The molecule has 1 aromatic heterocycles. The molecule has 2 aliphatic heterocycles. The predicted octanol–water partition coefficient (Wildman–Crippen LogP) is 2.83. The third-order valence-corrected chi connectivity index (χ3v) is 8.67. The quantitative estimate of drug-likeness (QED) is 0.722. The molecule has 34 heavy (non-hydrogen) atoms. The standard InChI is InChI=1S/C27H37N5O2/c1-31-13-3-5-20(31)18-34-26-29-24-17-27(9-2-4-19-6-7-21(33)16-23(19)27)10-8-22(24)25(30-26)32-14-11-28-12-15-32/h6-7,16,20,28,33H,2-5,8-15,17-18H2,1H3/t20-,27?/m0/s1. The molecule has 0 amide bonds. The fourth-order valence-electron chi connectivity index (χ4n) is 6.71. The van der Waals surface area contributed by atoms with Gasteiger partial charge in [-0.1, -0.05) is 6.07 Å². The summed E-state index contributed by atoms with van der Waals surface area (Å²) in [4.78, 5) is 14.8. The van der Waals surface area contributed by atoms with E-state index in [9.17, 15) is 5.11 Å². The second-order valence-electron chi connectivity index (χ2n) is 10.7. The van der Waals surface area contributed by atoms with Crippen molar-refractivity contribution >= 4 is 5.82 Å². The fraction of sp³-hybridized carbons (Fsp3) is 0.630. The predicted molar refractivity (Wildman–Crippen MR) is 133 cm³/mol. The highest BCUT2D eigenvalue weighted by atomic mass is 16.5. The topological polar surface area (TPSA) is 73.8 Å². The monoisotopic (exact) mass is 463 g/mol. The van der Waals surface area contributed by atoms with Crippen LogP contribution in [0, 0.1) is 0 Å². The van der Waals surface area contributed by atoms with Gasteiger partial charge in [-0.2, -0.15) is 9.97 Å². The van der Waals surface area contributed by atoms with Crippen molar-refractivity contribution in [3.05, 3.63) is 40.6 Å². The van der Waals surface area contributed by atoms with Crippen molar-refractivity contribution < 1.29 is 9.84 Å². The highest BCUT2D eigenvalue weighted by Gasteiger charge is 2.42. The van der Waals surface area contributed by atoms with Crippen LogP contribution in [0.25, 0.3) is 0 Å². The molecule has 0 bridgehead atoms. The van der Waals surface area contributed by atoms with E-state index in [2.05, 4.69) is 28.2 Å². The van der Waals surface area contributed by atoms with Gasteiger partial charge in [0.05, 0.1) is 5.69 Å². The maximum absolute atomic E-state index is 10.3. The van der Waals surface area contributed by atoms with Gasteiger partial charge in [-0.3, -0.25) is 0 Å². The number of likely N-dealkylation sites (tertiary alicyclic amines) is 1. The molecule has 2 atom stereocenters. The molecular formula is C27H37N5O2. The number of aryl methyl sites for hydroxylation is 1. The summed E-state index contributed by atoms with van der Waals surface area (Å²) in [6.45, 7) is 5.70. The van der Waals surface area contributed by atoms with Gasteiger partial charge in [0.15, 0.2) is 0 Å². The van der Waals surface area contributed by atoms with Crippen LogP contribution in [0.4, 0.5) is 5.82 Å². The molecule has 4 aliphatic rings. The van der Waals surface area contributed by atoms with Crippen LogP contribution in [0.15, 0.2) is 18.2 Å². The van der Waals surface area contributed by atoms with Gasteiger partial charge in [0.25, 0.3) is 0 Å². The van der Waals surface area contributed by atoms with Crippen molar-refractivity contribution in [3.8, 4) is 11.8 Å². The van der Waals surface area contributed by atoms with Crippen LogP contribution in [0.2, 0.25) is 0 Å². The third kappa shape index (κ3) is 4.03. The molecule has 1 spiro atoms. The van der Waals surface area contributed by atoms with Crippen LogP contribution in [0.5, 0.6) is 11.8 Å². The number of rotatable bonds is 4. The number of phenolic OH excluding ortho intramolecular Hbond substituents is 1. The number of piperazine rings is 1. The molecule has 0 saturated carbocycles. The smallest absolute Gasteiger partial charge is 0.318 e. The number of aromatic nitrogens is 2. The van der Waals surface area contributed by atoms with Crippen molar-refractivity contribution in [1.82, 2.24) is 20.2 Å². The van der Waals surface area contributed by atoms with Crippen LogP contribution in [0.1, 0.15) is 54.5 Å². The molecule has 3 heterocycles. The number of hydrogen-bond acceptors (Lipinski definition) is 7. The Hall–Kier alpha value is -2.38. The molecule has 2 aromatic rings. The largest absolute Gasteiger partial charge is 0.508 e. The lowest BCUT2D eigenvalue weighted by Crippen LogP contribution is -2.45. The number of phenols is 1. The number of benzene rings is 1. The van der Waals surface area contributed by atoms with Gasteiger partial charge < -0.3 is 25.0 Å². The van der Waals surface area contributed by atoms with E-state index in [1.165, 1.54) is 36.0 Å². The summed E-state index contributed by atoms with van der Waals surface area (Å²) < 4.78 is 6.28. The van der Waals surface area contributed by atoms with Gasteiger partial charge in [0.2, 0.25) is 0 Å². The summed E-state index contributed by atoms with van der Waals surface area (Å²) in [5.41, 5.74) is 5.24. The van der Waals surface area contributed by atoms with Gasteiger partial charge in [0.1, 0.15) is 18.2 Å². The summed E-state index contributed by atoms with van der Waals surface area (Å²) in [5, 5.41) is 13.8. The number of aromatic hydroxyl groups is 1. The van der Waals surface area contributed by atoms with Crippen molar-refractivity contribution in [2.75, 3.05) is 51.3 Å². The Kier molecular flexibility index (Phi) is 5.86. The van der Waals surface area contributed by atoms with E-state index in [0.717, 1.165) is 76.3 Å². The minimum absolute atomic E-state index is 0.0529. The molecule has 2 fully saturated rings. The SMILES string of the molecule is CN1CCC[C@H]1COc1nc2c(c(N3CCNCC3)n1)CCC1(CCCc3ccc(O)cc31)C2. The van der Waals surface area contributed by atoms with E-state index < -0.39 is 0 Å². The van der Waals surface area contributed by atoms with Crippen LogP contribution >= 0.6 is 0 Å². The molecule has 0 radical (unpaired) electrons. The molecule has 7 heteroatoms. The number of nitrogens with one attached hydrogen (secondary N) is 1. The molecule has 6 rings (SSSR count). The maximum Gasteiger partial charge on any atom is 0.318 e. The Morgan fingerprint density at radius 2 is 2.00 bits per heavy atom. The Morgan fingerprint density at radius 3 is 2.82 bits per heavy atom. The van der Waals surface area contributed by atoms with Crippen LogP contribution in [0.3, 0.4) is 0 Å². The summed E-state index contributed by atoms with van der Waals surface area (Å²) in [5.74, 6) is 1.46. The second kappa shape index (κ2) is 9.00. The van der Waals surface area contributed by atoms with Crippen LogP contribution in [-0.4, -0.2) is 72.4 Å². The first-order valence-electron chi connectivity index (χ1n) is 13.1. The van der Waals surface area contributed by atoms with Gasteiger partial charge in [-0.15, -0.1) is 0 Å². The molecule has 7 nitrogen and oxygen atoms in total. The fourth-order valence-corrected chi connectivity index (χ4v) is 6.71. The average molecular weight is 464 g/mol. The molecule has 1 unspecified atom stereocenters. The van der Waals surface area contributed by atoms with Gasteiger partial charge in [-0.05, 0) is 88.2 Å². The lowest BCUT2D eigenvalue weighted by molar-refractivity contribution is 0.186. The Bertz CT molecular complexity index is 1050. The lowest BCUT2D eigenvalue weighted by Gasteiger charge is -2.43. The molecule has 2 aliphatic carbocycles. The number of likely N-dealkylation sites (N-methyl/N-ethyl adjacent to an activating group) is 1. The molecule has 2 N–H and O–H groups in total. The first kappa shape index (κ1) is 22.1. The van der Waals surface area contributed by atoms with E-state index in [4.69, 9.17) is 14.7 Å². The van der Waals surface area contributed by atoms with Gasteiger partial charge in [0, 0.05) is 43.2 Å². The first-order chi connectivity index (χ1) is 16.6. The molecule has 2 saturated heterocycles. The van der Waals surface area contributed by atoms with Gasteiger partial charge in [-0.25, -0.2) is 0 Å². The van der Waals surface area contributed by atoms with Crippen molar-refractivity contribution in [2.45, 2.75) is 62.8 Å². The van der Waals surface area contributed by atoms with Crippen molar-refractivity contribution in [1.29, 1.82) is 0 Å². The van der Waals surface area contributed by atoms with E-state index in [-0.39, 0.29) is 5.41 Å². The Labute approximate surface area is 202 Å². The number of hydrogen-bond donors (Lipinski definition) is 2. The van der Waals surface area contributed by atoms with E-state index in [0.29, 0.717) is 24.4 Å². The number of ether oxygens (including phenoxy) is 1. The molecule has 182 valence electrons. The van der Waals surface area contributed by atoms with E-state index in [1.807, 2.05) is 12.1 Å². The second-order valence-corrected chi connectivity index (χ2v) is 10.7. The highest BCUT2D eigenvalue weighted by Crippen LogP contribution is 2.48. The minimum Gasteiger partial charge on any atom is -0.508 e. The first-order valence-corrected chi connectivity index (χ1v) is 13.1.